The van der Waals surface area contributed by atoms with Crippen molar-refractivity contribution in [1.29, 1.82) is 0 Å². The molecule has 1 heterocycles. The van der Waals surface area contributed by atoms with Crippen molar-refractivity contribution in [2.75, 3.05) is 26.3 Å². The number of aromatic nitrogens is 1. The number of rotatable bonds is 9. The first-order chi connectivity index (χ1) is 9.63. The fourth-order valence-corrected chi connectivity index (χ4v) is 2.46. The third-order valence-corrected chi connectivity index (χ3v) is 3.88. The van der Waals surface area contributed by atoms with Crippen molar-refractivity contribution in [1.82, 2.24) is 10.3 Å². The first kappa shape index (κ1) is 16.9. The molecule has 6 heteroatoms. The van der Waals surface area contributed by atoms with E-state index >= 15 is 0 Å². The maximum atomic E-state index is 5.79. The van der Waals surface area contributed by atoms with Crippen LogP contribution in [0.5, 0.6) is 0 Å². The zero-order valence-electron chi connectivity index (χ0n) is 12.7. The summed E-state index contributed by atoms with van der Waals surface area (Å²) in [6.07, 6.45) is 1.78. The molecule has 0 unspecified atom stereocenters. The molecule has 0 bridgehead atoms. The van der Waals surface area contributed by atoms with Crippen molar-refractivity contribution < 1.29 is 4.74 Å². The number of ether oxygens (including phenoxy) is 1. The van der Waals surface area contributed by atoms with Gasteiger partial charge in [0.15, 0.2) is 5.96 Å². The minimum absolute atomic E-state index is 0.499. The van der Waals surface area contributed by atoms with Gasteiger partial charge in [-0.3, -0.25) is 4.99 Å². The van der Waals surface area contributed by atoms with Crippen LogP contribution in [0.25, 0.3) is 0 Å². The highest BCUT2D eigenvalue weighted by atomic mass is 32.1. The van der Waals surface area contributed by atoms with Crippen LogP contribution in [0.15, 0.2) is 10.4 Å². The summed E-state index contributed by atoms with van der Waals surface area (Å²) in [5, 5.41) is 6.42. The van der Waals surface area contributed by atoms with Gasteiger partial charge >= 0.3 is 0 Å². The van der Waals surface area contributed by atoms with Gasteiger partial charge in [-0.15, -0.1) is 11.3 Å². The highest BCUT2D eigenvalue weighted by molar-refractivity contribution is 7.09. The second-order valence-corrected chi connectivity index (χ2v) is 5.72. The number of hydrogen-bond acceptors (Lipinski definition) is 4. The van der Waals surface area contributed by atoms with E-state index in [4.69, 9.17) is 10.5 Å². The Bertz CT molecular complexity index is 404. The van der Waals surface area contributed by atoms with E-state index in [9.17, 15) is 0 Å². The molecule has 0 fully saturated rings. The fourth-order valence-electron chi connectivity index (χ4n) is 1.59. The summed E-state index contributed by atoms with van der Waals surface area (Å²) in [5.74, 6) is 1.000. The second kappa shape index (κ2) is 9.72. The average Bonchev–Trinajstić information content (AvgIpc) is 2.87. The molecule has 3 N–H and O–H groups in total. The molecule has 5 nitrogen and oxygen atoms in total. The lowest BCUT2D eigenvalue weighted by Crippen LogP contribution is -2.33. The predicted molar refractivity (Wildman–Crippen MR) is 85.5 cm³/mol. The van der Waals surface area contributed by atoms with E-state index in [0.717, 1.165) is 38.3 Å². The van der Waals surface area contributed by atoms with Crippen molar-refractivity contribution in [3.8, 4) is 0 Å². The SMILES string of the molecule is CCOCCCN=C(N)NCCc1csc(C(C)C)n1. The Morgan fingerprint density at radius 1 is 1.55 bits per heavy atom. The fraction of sp³-hybridized carbons (Fsp3) is 0.714. The molecule has 0 aliphatic carbocycles. The summed E-state index contributed by atoms with van der Waals surface area (Å²) in [7, 11) is 0. The molecule has 0 aromatic carbocycles. The number of aliphatic imine (C=N–C) groups is 1. The Morgan fingerprint density at radius 3 is 3.00 bits per heavy atom. The highest BCUT2D eigenvalue weighted by Crippen LogP contribution is 2.19. The largest absolute Gasteiger partial charge is 0.382 e. The first-order valence-corrected chi connectivity index (χ1v) is 8.07. The molecule has 0 saturated heterocycles. The second-order valence-electron chi connectivity index (χ2n) is 4.83. The Labute approximate surface area is 125 Å². The lowest BCUT2D eigenvalue weighted by Gasteiger charge is -2.04. The summed E-state index contributed by atoms with van der Waals surface area (Å²) in [6, 6.07) is 0. The van der Waals surface area contributed by atoms with Crippen LogP contribution in [0.1, 0.15) is 43.8 Å². The van der Waals surface area contributed by atoms with Crippen LogP contribution >= 0.6 is 11.3 Å². The van der Waals surface area contributed by atoms with Gasteiger partial charge in [-0.25, -0.2) is 4.98 Å². The zero-order chi connectivity index (χ0) is 14.8. The molecule has 1 aromatic rings. The monoisotopic (exact) mass is 298 g/mol. The molecule has 114 valence electrons. The van der Waals surface area contributed by atoms with Crippen LogP contribution in [0.3, 0.4) is 0 Å². The lowest BCUT2D eigenvalue weighted by atomic mass is 10.2. The van der Waals surface area contributed by atoms with Crippen LogP contribution in [0.2, 0.25) is 0 Å². The van der Waals surface area contributed by atoms with E-state index in [1.165, 1.54) is 5.01 Å². The van der Waals surface area contributed by atoms with Crippen molar-refractivity contribution in [2.24, 2.45) is 10.7 Å². The van der Waals surface area contributed by atoms with Crippen LogP contribution in [0.4, 0.5) is 0 Å². The molecule has 20 heavy (non-hydrogen) atoms. The first-order valence-electron chi connectivity index (χ1n) is 7.19. The molecule has 0 aliphatic heterocycles. The minimum Gasteiger partial charge on any atom is -0.382 e. The van der Waals surface area contributed by atoms with E-state index in [1.807, 2.05) is 6.92 Å². The van der Waals surface area contributed by atoms with Gasteiger partial charge in [-0.1, -0.05) is 13.8 Å². The maximum Gasteiger partial charge on any atom is 0.188 e. The number of guanidine groups is 1. The van der Waals surface area contributed by atoms with Gasteiger partial charge < -0.3 is 15.8 Å². The van der Waals surface area contributed by atoms with Gasteiger partial charge in [-0.2, -0.15) is 0 Å². The van der Waals surface area contributed by atoms with Crippen LogP contribution < -0.4 is 11.1 Å². The van der Waals surface area contributed by atoms with Crippen LogP contribution in [-0.2, 0) is 11.2 Å². The number of nitrogens with one attached hydrogen (secondary N) is 1. The summed E-state index contributed by atoms with van der Waals surface area (Å²) >= 11 is 1.72. The van der Waals surface area contributed by atoms with Gasteiger partial charge in [0, 0.05) is 44.0 Å². The lowest BCUT2D eigenvalue weighted by molar-refractivity contribution is 0.146. The molecule has 0 atom stereocenters. The van der Waals surface area contributed by atoms with Crippen molar-refractivity contribution >= 4 is 17.3 Å². The van der Waals surface area contributed by atoms with Gasteiger partial charge in [0.1, 0.15) is 0 Å². The number of nitrogens with zero attached hydrogens (tertiary/aromatic N) is 2. The third kappa shape index (κ3) is 6.86. The Hall–Kier alpha value is -1.14. The molecule has 0 aliphatic rings. The van der Waals surface area contributed by atoms with E-state index in [-0.39, 0.29) is 0 Å². The van der Waals surface area contributed by atoms with E-state index in [0.29, 0.717) is 18.4 Å². The number of nitrogens with two attached hydrogens (primary N) is 1. The standard InChI is InChI=1S/C14H26N4OS/c1-4-19-9-5-7-16-14(15)17-8-6-12-10-20-13(18-12)11(2)3/h10-11H,4-9H2,1-3H3,(H3,15,16,17). The summed E-state index contributed by atoms with van der Waals surface area (Å²) < 4.78 is 5.24. The van der Waals surface area contributed by atoms with Gasteiger partial charge in [-0.05, 0) is 13.3 Å². The summed E-state index contributed by atoms with van der Waals surface area (Å²) in [4.78, 5) is 8.83. The molecule has 0 saturated carbocycles. The number of hydrogen-bond donors (Lipinski definition) is 2. The minimum atomic E-state index is 0.499. The molecule has 0 spiro atoms. The van der Waals surface area contributed by atoms with Crippen molar-refractivity contribution in [3.05, 3.63) is 16.1 Å². The zero-order valence-corrected chi connectivity index (χ0v) is 13.5. The van der Waals surface area contributed by atoms with Gasteiger partial charge in [0.25, 0.3) is 0 Å². The Kier molecular flexibility index (Phi) is 8.22. The topological polar surface area (TPSA) is 72.5 Å². The molecule has 1 aromatic heterocycles. The summed E-state index contributed by atoms with van der Waals surface area (Å²) in [6.45, 7) is 9.27. The Balaban J connectivity index is 2.17. The molecule has 0 radical (unpaired) electrons. The smallest absolute Gasteiger partial charge is 0.188 e. The third-order valence-electron chi connectivity index (χ3n) is 2.68. The molecule has 0 amide bonds. The van der Waals surface area contributed by atoms with Crippen molar-refractivity contribution in [3.63, 3.8) is 0 Å². The van der Waals surface area contributed by atoms with Crippen LogP contribution in [0, 0.1) is 0 Å². The predicted octanol–water partition coefficient (Wildman–Crippen LogP) is 2.14. The molecule has 1 rings (SSSR count). The highest BCUT2D eigenvalue weighted by Gasteiger charge is 2.05. The molecular weight excluding hydrogens is 272 g/mol. The van der Waals surface area contributed by atoms with Gasteiger partial charge in [0.05, 0.1) is 10.7 Å². The normalized spacial score (nSPS) is 12.1. The van der Waals surface area contributed by atoms with Crippen molar-refractivity contribution in [2.45, 2.75) is 39.5 Å². The Morgan fingerprint density at radius 2 is 2.35 bits per heavy atom. The van der Waals surface area contributed by atoms with E-state index in [1.54, 1.807) is 11.3 Å². The summed E-state index contributed by atoms with van der Waals surface area (Å²) in [5.41, 5.74) is 6.91. The quantitative estimate of drug-likeness (QED) is 0.416. The van der Waals surface area contributed by atoms with Gasteiger partial charge in [0.2, 0.25) is 0 Å². The van der Waals surface area contributed by atoms with E-state index < -0.39 is 0 Å². The van der Waals surface area contributed by atoms with Crippen LogP contribution in [-0.4, -0.2) is 37.2 Å². The maximum absolute atomic E-state index is 5.79. The molecular formula is C14H26N4OS. The van der Waals surface area contributed by atoms with E-state index in [2.05, 4.69) is 34.5 Å². The number of thiazole rings is 1. The average molecular weight is 298 g/mol.